The van der Waals surface area contributed by atoms with Crippen LogP contribution < -0.4 is 4.90 Å². The average Bonchev–Trinajstić information content (AvgIpc) is 2.47. The molecule has 0 aliphatic rings. The van der Waals surface area contributed by atoms with Crippen molar-refractivity contribution in [3.63, 3.8) is 0 Å². The molecule has 108 valence electrons. The van der Waals surface area contributed by atoms with Crippen molar-refractivity contribution in [1.29, 1.82) is 0 Å². The number of carbonyl (C=O) groups is 1. The number of nitrogens with zero attached hydrogens (tertiary/aromatic N) is 2. The Morgan fingerprint density at radius 2 is 2.00 bits per heavy atom. The minimum Gasteiger partial charge on any atom is -0.305 e. The SMILES string of the molecule is CC(C)N(C(=O)/C=C/c1ccccc1Br)c1cccnc1. The van der Waals surface area contributed by atoms with Gasteiger partial charge in [-0.1, -0.05) is 34.1 Å². The Hall–Kier alpha value is -1.94. The molecule has 3 nitrogen and oxygen atoms in total. The zero-order valence-corrected chi connectivity index (χ0v) is 13.6. The molecule has 0 radical (unpaired) electrons. The zero-order valence-electron chi connectivity index (χ0n) is 12.0. The molecule has 1 aromatic carbocycles. The van der Waals surface area contributed by atoms with Gasteiger partial charge in [0, 0.05) is 22.8 Å². The number of aromatic nitrogens is 1. The minimum absolute atomic E-state index is 0.0607. The molecule has 0 bridgehead atoms. The summed E-state index contributed by atoms with van der Waals surface area (Å²) in [6.07, 6.45) is 6.80. The second kappa shape index (κ2) is 7.18. The van der Waals surface area contributed by atoms with E-state index < -0.39 is 0 Å². The van der Waals surface area contributed by atoms with Gasteiger partial charge in [-0.15, -0.1) is 0 Å². The Labute approximate surface area is 133 Å². The minimum atomic E-state index is -0.0613. The predicted molar refractivity (Wildman–Crippen MR) is 90.0 cm³/mol. The van der Waals surface area contributed by atoms with Gasteiger partial charge in [-0.05, 0) is 43.7 Å². The molecule has 0 saturated carbocycles. The molecule has 0 unspecified atom stereocenters. The molecule has 0 aliphatic carbocycles. The standard InChI is InChI=1S/C17H17BrN2O/c1-13(2)20(15-7-5-11-19-12-15)17(21)10-9-14-6-3-4-8-16(14)18/h3-13H,1-2H3/b10-9+. The molecule has 0 atom stereocenters. The smallest absolute Gasteiger partial charge is 0.251 e. The third-order valence-corrected chi connectivity index (χ3v) is 3.71. The number of benzene rings is 1. The van der Waals surface area contributed by atoms with Crippen molar-refractivity contribution in [2.75, 3.05) is 4.90 Å². The second-order valence-electron chi connectivity index (χ2n) is 4.87. The molecule has 1 amide bonds. The number of halogens is 1. The summed E-state index contributed by atoms with van der Waals surface area (Å²) in [5, 5.41) is 0. The van der Waals surface area contributed by atoms with Gasteiger partial charge in [0.15, 0.2) is 0 Å². The van der Waals surface area contributed by atoms with E-state index in [1.54, 1.807) is 23.4 Å². The van der Waals surface area contributed by atoms with Gasteiger partial charge in [-0.25, -0.2) is 0 Å². The van der Waals surface area contributed by atoms with Crippen LogP contribution in [0.3, 0.4) is 0 Å². The van der Waals surface area contributed by atoms with E-state index in [0.717, 1.165) is 15.7 Å². The normalized spacial score (nSPS) is 11.0. The number of hydrogen-bond donors (Lipinski definition) is 0. The zero-order chi connectivity index (χ0) is 15.2. The summed E-state index contributed by atoms with van der Waals surface area (Å²) in [6, 6.07) is 11.6. The lowest BCUT2D eigenvalue weighted by atomic mass is 10.2. The van der Waals surface area contributed by atoms with Crippen molar-refractivity contribution in [3.05, 3.63) is 64.9 Å². The maximum absolute atomic E-state index is 12.5. The third kappa shape index (κ3) is 4.02. The van der Waals surface area contributed by atoms with Crippen LogP contribution in [0.5, 0.6) is 0 Å². The molecule has 0 N–H and O–H groups in total. The van der Waals surface area contributed by atoms with Gasteiger partial charge in [0.2, 0.25) is 0 Å². The van der Waals surface area contributed by atoms with E-state index in [0.29, 0.717) is 0 Å². The van der Waals surface area contributed by atoms with Gasteiger partial charge >= 0.3 is 0 Å². The van der Waals surface area contributed by atoms with Crippen LogP contribution in [0.4, 0.5) is 5.69 Å². The van der Waals surface area contributed by atoms with Crippen LogP contribution in [0, 0.1) is 0 Å². The molecule has 0 fully saturated rings. The van der Waals surface area contributed by atoms with Crippen LogP contribution in [-0.2, 0) is 4.79 Å². The second-order valence-corrected chi connectivity index (χ2v) is 5.72. The fraction of sp³-hybridized carbons (Fsp3) is 0.176. The molecule has 0 saturated heterocycles. The Balaban J connectivity index is 2.23. The summed E-state index contributed by atoms with van der Waals surface area (Å²) in [5.41, 5.74) is 1.77. The first kappa shape index (κ1) is 15.4. The van der Waals surface area contributed by atoms with E-state index in [-0.39, 0.29) is 11.9 Å². The summed E-state index contributed by atoms with van der Waals surface area (Å²) >= 11 is 3.47. The largest absolute Gasteiger partial charge is 0.305 e. The van der Waals surface area contributed by atoms with Crippen molar-refractivity contribution in [3.8, 4) is 0 Å². The Morgan fingerprint density at radius 3 is 2.62 bits per heavy atom. The third-order valence-electron chi connectivity index (χ3n) is 2.99. The van der Waals surface area contributed by atoms with Crippen molar-refractivity contribution in [1.82, 2.24) is 4.98 Å². The van der Waals surface area contributed by atoms with Crippen LogP contribution >= 0.6 is 15.9 Å². The summed E-state index contributed by atoms with van der Waals surface area (Å²) in [4.78, 5) is 18.3. The van der Waals surface area contributed by atoms with Crippen molar-refractivity contribution < 1.29 is 4.79 Å². The molecule has 4 heteroatoms. The fourth-order valence-electron chi connectivity index (χ4n) is 2.03. The maximum atomic E-state index is 12.5. The predicted octanol–water partition coefficient (Wildman–Crippen LogP) is 4.30. The number of rotatable bonds is 4. The first-order chi connectivity index (χ1) is 10.1. The molecule has 2 rings (SSSR count). The van der Waals surface area contributed by atoms with Gasteiger partial charge in [0.05, 0.1) is 11.9 Å². The number of pyridine rings is 1. The van der Waals surface area contributed by atoms with E-state index in [9.17, 15) is 4.79 Å². The lowest BCUT2D eigenvalue weighted by molar-refractivity contribution is -0.114. The summed E-state index contributed by atoms with van der Waals surface area (Å²) in [5.74, 6) is -0.0613. The average molecular weight is 345 g/mol. The Bertz CT molecular complexity index is 638. The maximum Gasteiger partial charge on any atom is 0.251 e. The lowest BCUT2D eigenvalue weighted by Crippen LogP contribution is -2.35. The van der Waals surface area contributed by atoms with Crippen molar-refractivity contribution >= 4 is 33.6 Å². The van der Waals surface area contributed by atoms with Crippen LogP contribution in [0.1, 0.15) is 19.4 Å². The number of anilines is 1. The molecule has 2 aromatic rings. The van der Waals surface area contributed by atoms with E-state index >= 15 is 0 Å². The summed E-state index contributed by atoms with van der Waals surface area (Å²) in [6.45, 7) is 3.97. The Kier molecular flexibility index (Phi) is 5.28. The van der Waals surface area contributed by atoms with Crippen LogP contribution in [0.25, 0.3) is 6.08 Å². The summed E-state index contributed by atoms with van der Waals surface area (Å²) < 4.78 is 0.964. The van der Waals surface area contributed by atoms with Gasteiger partial charge in [-0.2, -0.15) is 0 Å². The van der Waals surface area contributed by atoms with Crippen LogP contribution in [-0.4, -0.2) is 16.9 Å². The van der Waals surface area contributed by atoms with Gasteiger partial charge in [0.1, 0.15) is 0 Å². The molecular weight excluding hydrogens is 328 g/mol. The quantitative estimate of drug-likeness (QED) is 0.774. The first-order valence-electron chi connectivity index (χ1n) is 6.75. The highest BCUT2D eigenvalue weighted by molar-refractivity contribution is 9.10. The van der Waals surface area contributed by atoms with E-state index in [4.69, 9.17) is 0 Å². The highest BCUT2D eigenvalue weighted by Crippen LogP contribution is 2.19. The molecule has 0 spiro atoms. The fourth-order valence-corrected chi connectivity index (χ4v) is 2.44. The lowest BCUT2D eigenvalue weighted by Gasteiger charge is -2.25. The highest BCUT2D eigenvalue weighted by Gasteiger charge is 2.16. The molecule has 21 heavy (non-hydrogen) atoms. The van der Waals surface area contributed by atoms with Gasteiger partial charge in [-0.3, -0.25) is 9.78 Å². The summed E-state index contributed by atoms with van der Waals surface area (Å²) in [7, 11) is 0. The van der Waals surface area contributed by atoms with Gasteiger partial charge in [0.25, 0.3) is 5.91 Å². The number of amides is 1. The van der Waals surface area contributed by atoms with Gasteiger partial charge < -0.3 is 4.90 Å². The van der Waals surface area contributed by atoms with E-state index in [1.807, 2.05) is 56.3 Å². The molecule has 0 aliphatic heterocycles. The monoisotopic (exact) mass is 344 g/mol. The topological polar surface area (TPSA) is 33.2 Å². The van der Waals surface area contributed by atoms with Crippen LogP contribution in [0.2, 0.25) is 0 Å². The van der Waals surface area contributed by atoms with E-state index in [1.165, 1.54) is 0 Å². The molecule has 1 heterocycles. The molecular formula is C17H17BrN2O. The molecule has 1 aromatic heterocycles. The number of carbonyl (C=O) groups excluding carboxylic acids is 1. The van der Waals surface area contributed by atoms with Crippen molar-refractivity contribution in [2.45, 2.75) is 19.9 Å². The number of hydrogen-bond acceptors (Lipinski definition) is 2. The highest BCUT2D eigenvalue weighted by atomic mass is 79.9. The Morgan fingerprint density at radius 1 is 1.24 bits per heavy atom. The van der Waals surface area contributed by atoms with Crippen LogP contribution in [0.15, 0.2) is 59.3 Å². The van der Waals surface area contributed by atoms with Crippen molar-refractivity contribution in [2.24, 2.45) is 0 Å². The first-order valence-corrected chi connectivity index (χ1v) is 7.54. The van der Waals surface area contributed by atoms with E-state index in [2.05, 4.69) is 20.9 Å².